The van der Waals surface area contributed by atoms with E-state index >= 15 is 0 Å². The molecule has 0 aliphatic rings. The molecule has 0 saturated carbocycles. The van der Waals surface area contributed by atoms with E-state index in [0.29, 0.717) is 37.0 Å². The summed E-state index contributed by atoms with van der Waals surface area (Å²) >= 11 is 0. The minimum absolute atomic E-state index is 0. The maximum absolute atomic E-state index is 11.9. The van der Waals surface area contributed by atoms with E-state index in [1.54, 1.807) is 11.8 Å². The number of rotatable bonds is 8. The molecule has 21 heavy (non-hydrogen) atoms. The fourth-order valence-corrected chi connectivity index (χ4v) is 1.82. The molecule has 0 aromatic carbocycles. The summed E-state index contributed by atoms with van der Waals surface area (Å²) in [5, 5.41) is 3.72. The Morgan fingerprint density at radius 3 is 2.62 bits per heavy atom. The Morgan fingerprint density at radius 1 is 1.43 bits per heavy atom. The van der Waals surface area contributed by atoms with Gasteiger partial charge in [0.15, 0.2) is 5.82 Å². The van der Waals surface area contributed by atoms with Gasteiger partial charge < -0.3 is 15.2 Å². The smallest absolute Gasteiger partial charge is 0.226 e. The van der Waals surface area contributed by atoms with Gasteiger partial charge in [0.2, 0.25) is 11.8 Å². The highest BCUT2D eigenvalue weighted by atomic mass is 35.5. The highest BCUT2D eigenvalue weighted by molar-refractivity contribution is 5.85. The molecule has 0 aliphatic carbocycles. The summed E-state index contributed by atoms with van der Waals surface area (Å²) in [7, 11) is 1.83. The van der Waals surface area contributed by atoms with Gasteiger partial charge in [-0.15, -0.1) is 12.4 Å². The van der Waals surface area contributed by atoms with Gasteiger partial charge in [-0.2, -0.15) is 4.98 Å². The van der Waals surface area contributed by atoms with Gasteiger partial charge in [0.1, 0.15) is 0 Å². The van der Waals surface area contributed by atoms with Crippen molar-refractivity contribution in [1.29, 1.82) is 0 Å². The second kappa shape index (κ2) is 9.73. The monoisotopic (exact) mass is 318 g/mol. The van der Waals surface area contributed by atoms with Crippen LogP contribution in [0.5, 0.6) is 0 Å². The molecule has 1 amide bonds. The first-order valence-corrected chi connectivity index (χ1v) is 7.19. The maximum atomic E-state index is 11.9. The van der Waals surface area contributed by atoms with E-state index < -0.39 is 0 Å². The highest BCUT2D eigenvalue weighted by Gasteiger charge is 2.13. The first-order chi connectivity index (χ1) is 9.40. The van der Waals surface area contributed by atoms with Crippen molar-refractivity contribution in [3.05, 3.63) is 11.7 Å². The lowest BCUT2D eigenvalue weighted by atomic mass is 10.0. The lowest BCUT2D eigenvalue weighted by Gasteiger charge is -2.21. The van der Waals surface area contributed by atoms with Crippen molar-refractivity contribution in [3.63, 3.8) is 0 Å². The molecule has 1 heterocycles. The minimum atomic E-state index is 0. The Kier molecular flexibility index (Phi) is 9.21. The van der Waals surface area contributed by atoms with Crippen molar-refractivity contribution in [3.8, 4) is 0 Å². The molecule has 1 atom stereocenters. The Labute approximate surface area is 132 Å². The molecule has 0 spiro atoms. The summed E-state index contributed by atoms with van der Waals surface area (Å²) < 4.78 is 5.01. The lowest BCUT2D eigenvalue weighted by Crippen LogP contribution is -2.34. The fourth-order valence-electron chi connectivity index (χ4n) is 1.82. The van der Waals surface area contributed by atoms with Crippen molar-refractivity contribution in [1.82, 2.24) is 15.0 Å². The number of aromatic nitrogens is 2. The molecular formula is C14H27ClN4O2. The molecule has 1 aromatic heterocycles. The Bertz CT molecular complexity index is 423. The number of carbonyl (C=O) groups excluding carboxylic acids is 1. The van der Waals surface area contributed by atoms with Gasteiger partial charge >= 0.3 is 0 Å². The molecule has 122 valence electrons. The van der Waals surface area contributed by atoms with E-state index in [1.807, 2.05) is 7.05 Å². The van der Waals surface area contributed by atoms with Crippen LogP contribution in [-0.2, 0) is 11.2 Å². The lowest BCUT2D eigenvalue weighted by molar-refractivity contribution is -0.130. The van der Waals surface area contributed by atoms with E-state index in [2.05, 4.69) is 24.0 Å². The molecule has 0 radical (unpaired) electrons. The van der Waals surface area contributed by atoms with Gasteiger partial charge in [0.25, 0.3) is 0 Å². The molecule has 1 unspecified atom stereocenters. The third kappa shape index (κ3) is 7.43. The van der Waals surface area contributed by atoms with E-state index in [0.717, 1.165) is 12.8 Å². The minimum Gasteiger partial charge on any atom is -0.346 e. The van der Waals surface area contributed by atoms with Crippen molar-refractivity contribution in [2.45, 2.75) is 52.5 Å². The third-order valence-electron chi connectivity index (χ3n) is 3.43. The Hall–Kier alpha value is -1.14. The van der Waals surface area contributed by atoms with Crippen LogP contribution >= 0.6 is 12.4 Å². The summed E-state index contributed by atoms with van der Waals surface area (Å²) in [6, 6.07) is 0.145. The van der Waals surface area contributed by atoms with E-state index in [4.69, 9.17) is 10.3 Å². The zero-order valence-corrected chi connectivity index (χ0v) is 14.2. The fraction of sp³-hybridized carbons (Fsp3) is 0.786. The Morgan fingerprint density at radius 2 is 2.10 bits per heavy atom. The average Bonchev–Trinajstić information content (AvgIpc) is 2.80. The molecule has 0 aliphatic heterocycles. The van der Waals surface area contributed by atoms with Gasteiger partial charge in [0, 0.05) is 32.5 Å². The molecule has 7 heteroatoms. The summed E-state index contributed by atoms with van der Waals surface area (Å²) in [6.07, 6.45) is 2.70. The molecule has 6 nitrogen and oxygen atoms in total. The van der Waals surface area contributed by atoms with Crippen LogP contribution in [0.4, 0.5) is 0 Å². The van der Waals surface area contributed by atoms with Crippen molar-refractivity contribution < 1.29 is 9.32 Å². The van der Waals surface area contributed by atoms with Gasteiger partial charge in [-0.25, -0.2) is 0 Å². The SMILES string of the molecule is Cc1noc(CCCC(=O)N(C)CCC(N)C(C)C)n1.Cl. The molecule has 0 fully saturated rings. The first-order valence-electron chi connectivity index (χ1n) is 7.19. The van der Waals surface area contributed by atoms with Crippen LogP contribution in [0.1, 0.15) is 44.8 Å². The van der Waals surface area contributed by atoms with Crippen LogP contribution in [0.3, 0.4) is 0 Å². The van der Waals surface area contributed by atoms with Crippen molar-refractivity contribution in [2.24, 2.45) is 11.7 Å². The number of nitrogens with zero attached hydrogens (tertiary/aromatic N) is 3. The zero-order chi connectivity index (χ0) is 15.1. The quantitative estimate of drug-likeness (QED) is 0.792. The van der Waals surface area contributed by atoms with Crippen LogP contribution in [-0.4, -0.2) is 40.6 Å². The third-order valence-corrected chi connectivity index (χ3v) is 3.43. The standard InChI is InChI=1S/C14H26N4O2.ClH/c1-10(2)12(15)8-9-18(4)14(19)7-5-6-13-16-11(3)17-20-13;/h10,12H,5-9,15H2,1-4H3;1H. The van der Waals surface area contributed by atoms with Gasteiger partial charge in [-0.05, 0) is 25.7 Å². The topological polar surface area (TPSA) is 85.2 Å². The number of carbonyl (C=O) groups is 1. The largest absolute Gasteiger partial charge is 0.346 e. The average molecular weight is 319 g/mol. The van der Waals surface area contributed by atoms with Gasteiger partial charge in [-0.1, -0.05) is 19.0 Å². The van der Waals surface area contributed by atoms with E-state index in [-0.39, 0.29) is 24.4 Å². The first kappa shape index (κ1) is 19.9. The summed E-state index contributed by atoms with van der Waals surface area (Å²) in [5.41, 5.74) is 5.98. The summed E-state index contributed by atoms with van der Waals surface area (Å²) in [6.45, 7) is 6.68. The molecule has 1 aromatic rings. The molecule has 0 saturated heterocycles. The maximum Gasteiger partial charge on any atom is 0.226 e. The molecule has 2 N–H and O–H groups in total. The molecular weight excluding hydrogens is 292 g/mol. The predicted molar refractivity (Wildman–Crippen MR) is 84.3 cm³/mol. The highest BCUT2D eigenvalue weighted by Crippen LogP contribution is 2.07. The van der Waals surface area contributed by atoms with E-state index in [1.165, 1.54) is 0 Å². The number of aryl methyl sites for hydroxylation is 2. The summed E-state index contributed by atoms with van der Waals surface area (Å²) in [5.74, 6) is 1.81. The van der Waals surface area contributed by atoms with Crippen LogP contribution in [0.15, 0.2) is 4.52 Å². The number of amides is 1. The Balaban J connectivity index is 0.00000400. The summed E-state index contributed by atoms with van der Waals surface area (Å²) in [4.78, 5) is 17.8. The zero-order valence-electron chi connectivity index (χ0n) is 13.3. The molecule has 1 rings (SSSR count). The van der Waals surface area contributed by atoms with Crippen LogP contribution < -0.4 is 5.73 Å². The van der Waals surface area contributed by atoms with Gasteiger partial charge in [-0.3, -0.25) is 4.79 Å². The van der Waals surface area contributed by atoms with E-state index in [9.17, 15) is 4.79 Å². The number of hydrogen-bond acceptors (Lipinski definition) is 5. The second-order valence-corrected chi connectivity index (χ2v) is 5.60. The van der Waals surface area contributed by atoms with Crippen molar-refractivity contribution in [2.75, 3.05) is 13.6 Å². The van der Waals surface area contributed by atoms with Crippen LogP contribution in [0, 0.1) is 12.8 Å². The number of halogens is 1. The van der Waals surface area contributed by atoms with Crippen molar-refractivity contribution >= 4 is 18.3 Å². The number of nitrogens with two attached hydrogens (primary N) is 1. The normalized spacial score (nSPS) is 12.1. The van der Waals surface area contributed by atoms with Crippen LogP contribution in [0.25, 0.3) is 0 Å². The van der Waals surface area contributed by atoms with Crippen LogP contribution in [0.2, 0.25) is 0 Å². The number of hydrogen-bond donors (Lipinski definition) is 1. The van der Waals surface area contributed by atoms with Gasteiger partial charge in [0.05, 0.1) is 0 Å². The predicted octanol–water partition coefficient (Wildman–Crippen LogP) is 1.95. The molecule has 0 bridgehead atoms. The second-order valence-electron chi connectivity index (χ2n) is 5.60.